The third-order valence-electron chi connectivity index (χ3n) is 3.54. The Morgan fingerprint density at radius 1 is 1.31 bits per heavy atom. The quantitative estimate of drug-likeness (QED) is 0.705. The Morgan fingerprint density at radius 2 is 2.08 bits per heavy atom. The van der Waals surface area contributed by atoms with Crippen LogP contribution in [0, 0.1) is 0 Å². The van der Waals surface area contributed by atoms with Crippen LogP contribution in [0.3, 0.4) is 0 Å². The van der Waals surface area contributed by atoms with Crippen LogP contribution in [-0.4, -0.2) is 32.8 Å². The molecule has 0 spiro atoms. The molecular weight excluding hydrogens is 371 g/mol. The standard InChI is InChI=1S/C15H14F3N5O2S/c1-25-10-5-3-2-4-9(10)6-7-11(24)19-8-12-22-23-13(15(16,17)18)20-21-14(23)26-12/h2-5H,6-8H2,1H3,(H,19,24). The van der Waals surface area contributed by atoms with E-state index >= 15 is 0 Å². The average molecular weight is 385 g/mol. The second kappa shape index (κ2) is 7.28. The molecule has 1 amide bonds. The van der Waals surface area contributed by atoms with E-state index in [1.54, 1.807) is 7.11 Å². The van der Waals surface area contributed by atoms with E-state index < -0.39 is 12.0 Å². The van der Waals surface area contributed by atoms with Crippen LogP contribution in [0.5, 0.6) is 5.75 Å². The zero-order valence-electron chi connectivity index (χ0n) is 13.6. The molecule has 0 atom stereocenters. The molecule has 0 radical (unpaired) electrons. The van der Waals surface area contributed by atoms with Crippen molar-refractivity contribution in [2.45, 2.75) is 25.6 Å². The van der Waals surface area contributed by atoms with Crippen molar-refractivity contribution in [1.29, 1.82) is 0 Å². The highest BCUT2D eigenvalue weighted by Gasteiger charge is 2.38. The van der Waals surface area contributed by atoms with Gasteiger partial charge < -0.3 is 10.1 Å². The van der Waals surface area contributed by atoms with Crippen LogP contribution in [0.4, 0.5) is 13.2 Å². The number of fused-ring (bicyclic) bond motifs is 1. The summed E-state index contributed by atoms with van der Waals surface area (Å²) in [6, 6.07) is 7.37. The molecule has 0 aliphatic heterocycles. The van der Waals surface area contributed by atoms with Crippen molar-refractivity contribution in [1.82, 2.24) is 25.1 Å². The predicted octanol–water partition coefficient (Wildman–Crippen LogP) is 2.46. The summed E-state index contributed by atoms with van der Waals surface area (Å²) in [6.45, 7) is 0.0239. The number of aromatic nitrogens is 4. The first-order valence-electron chi connectivity index (χ1n) is 7.55. The summed E-state index contributed by atoms with van der Waals surface area (Å²) in [6.07, 6.45) is -3.93. The lowest BCUT2D eigenvalue weighted by molar-refractivity contribution is -0.146. The Labute approximate surface area is 149 Å². The summed E-state index contributed by atoms with van der Waals surface area (Å²) in [5, 5.41) is 13.3. The molecular formula is C15H14F3N5O2S. The van der Waals surface area contributed by atoms with E-state index in [0.29, 0.717) is 21.7 Å². The van der Waals surface area contributed by atoms with Gasteiger partial charge in [0.1, 0.15) is 10.8 Å². The number of nitrogens with zero attached hydrogens (tertiary/aromatic N) is 4. The van der Waals surface area contributed by atoms with E-state index in [9.17, 15) is 18.0 Å². The summed E-state index contributed by atoms with van der Waals surface area (Å²) in [7, 11) is 1.56. The lowest BCUT2D eigenvalue weighted by Crippen LogP contribution is -2.23. The largest absolute Gasteiger partial charge is 0.496 e. The third kappa shape index (κ3) is 3.93. The van der Waals surface area contributed by atoms with Gasteiger partial charge in [-0.25, -0.2) is 0 Å². The van der Waals surface area contributed by atoms with Crippen LogP contribution < -0.4 is 10.1 Å². The number of alkyl halides is 3. The number of aryl methyl sites for hydroxylation is 1. The predicted molar refractivity (Wildman–Crippen MR) is 86.8 cm³/mol. The maximum Gasteiger partial charge on any atom is 0.453 e. The molecule has 2 aromatic heterocycles. The van der Waals surface area contributed by atoms with Crippen LogP contribution in [0.15, 0.2) is 24.3 Å². The van der Waals surface area contributed by atoms with Gasteiger partial charge in [0.05, 0.1) is 13.7 Å². The first kappa shape index (κ1) is 18.1. The highest BCUT2D eigenvalue weighted by Crippen LogP contribution is 2.28. The molecule has 26 heavy (non-hydrogen) atoms. The topological polar surface area (TPSA) is 81.4 Å². The number of benzene rings is 1. The average Bonchev–Trinajstić information content (AvgIpc) is 3.17. The number of ether oxygens (including phenoxy) is 1. The Morgan fingerprint density at radius 3 is 2.81 bits per heavy atom. The number of methoxy groups -OCH3 is 1. The van der Waals surface area contributed by atoms with Crippen molar-refractivity contribution < 1.29 is 22.7 Å². The van der Waals surface area contributed by atoms with E-state index in [0.717, 1.165) is 16.9 Å². The van der Waals surface area contributed by atoms with Gasteiger partial charge in [0.15, 0.2) is 0 Å². The minimum Gasteiger partial charge on any atom is -0.496 e. The second-order valence-corrected chi connectivity index (χ2v) is 6.34. The van der Waals surface area contributed by atoms with Crippen LogP contribution in [0.2, 0.25) is 0 Å². The number of para-hydroxylation sites is 1. The summed E-state index contributed by atoms with van der Waals surface area (Å²) >= 11 is 0.940. The minimum absolute atomic E-state index is 0.0237. The molecule has 1 N–H and O–H groups in total. The fourth-order valence-corrected chi connectivity index (χ4v) is 3.10. The summed E-state index contributed by atoms with van der Waals surface area (Å²) in [5.74, 6) is -0.718. The van der Waals surface area contributed by atoms with Gasteiger partial charge in [-0.2, -0.15) is 22.8 Å². The number of carbonyl (C=O) groups is 1. The van der Waals surface area contributed by atoms with Crippen LogP contribution in [0.25, 0.3) is 4.96 Å². The van der Waals surface area contributed by atoms with Gasteiger partial charge in [0, 0.05) is 6.42 Å². The Kier molecular flexibility index (Phi) is 5.07. The Hall–Kier alpha value is -2.69. The van der Waals surface area contributed by atoms with Gasteiger partial charge in [-0.05, 0) is 18.1 Å². The zero-order valence-corrected chi connectivity index (χ0v) is 14.4. The van der Waals surface area contributed by atoms with Gasteiger partial charge >= 0.3 is 6.18 Å². The SMILES string of the molecule is COc1ccccc1CCC(=O)NCc1nn2c(C(F)(F)F)nnc2s1. The van der Waals surface area contributed by atoms with Crippen LogP contribution in [-0.2, 0) is 23.9 Å². The van der Waals surface area contributed by atoms with Crippen molar-refractivity contribution in [2.75, 3.05) is 7.11 Å². The van der Waals surface area contributed by atoms with Gasteiger partial charge in [-0.1, -0.05) is 29.5 Å². The highest BCUT2D eigenvalue weighted by molar-refractivity contribution is 7.16. The van der Waals surface area contributed by atoms with Crippen molar-refractivity contribution >= 4 is 22.2 Å². The number of amides is 1. The molecule has 138 valence electrons. The number of nitrogens with one attached hydrogen (secondary N) is 1. The van der Waals surface area contributed by atoms with Crippen molar-refractivity contribution in [3.63, 3.8) is 0 Å². The number of carbonyl (C=O) groups excluding carboxylic acids is 1. The number of rotatable bonds is 6. The highest BCUT2D eigenvalue weighted by atomic mass is 32.1. The normalized spacial score (nSPS) is 11.7. The van der Waals surface area contributed by atoms with Crippen molar-refractivity contribution in [3.05, 3.63) is 40.7 Å². The van der Waals surface area contributed by atoms with E-state index in [-0.39, 0.29) is 23.8 Å². The fourth-order valence-electron chi connectivity index (χ4n) is 2.33. The maximum atomic E-state index is 12.8. The molecule has 0 unspecified atom stereocenters. The second-order valence-electron chi connectivity index (χ2n) is 5.30. The van der Waals surface area contributed by atoms with Crippen LogP contribution >= 0.6 is 11.3 Å². The number of halogens is 3. The lowest BCUT2D eigenvalue weighted by Gasteiger charge is -2.08. The van der Waals surface area contributed by atoms with E-state index in [4.69, 9.17) is 4.74 Å². The fraction of sp³-hybridized carbons (Fsp3) is 0.333. The molecule has 3 aromatic rings. The first-order valence-corrected chi connectivity index (χ1v) is 8.37. The molecule has 0 aliphatic carbocycles. The molecule has 0 saturated carbocycles. The summed E-state index contributed by atoms with van der Waals surface area (Å²) < 4.78 is 44.1. The first-order chi connectivity index (χ1) is 12.4. The van der Waals surface area contributed by atoms with Gasteiger partial charge in [-0.3, -0.25) is 4.79 Å². The summed E-state index contributed by atoms with van der Waals surface area (Å²) in [4.78, 5) is 12.0. The zero-order chi connectivity index (χ0) is 18.7. The number of hydrogen-bond acceptors (Lipinski definition) is 6. The Bertz CT molecular complexity index is 922. The van der Waals surface area contributed by atoms with Crippen LogP contribution in [0.1, 0.15) is 22.8 Å². The molecule has 0 bridgehead atoms. The van der Waals surface area contributed by atoms with Crippen molar-refractivity contribution in [3.8, 4) is 5.75 Å². The molecule has 11 heteroatoms. The molecule has 0 fully saturated rings. The van der Waals surface area contributed by atoms with Gasteiger partial charge in [0.25, 0.3) is 5.82 Å². The maximum absolute atomic E-state index is 12.8. The summed E-state index contributed by atoms with van der Waals surface area (Å²) in [5.41, 5.74) is 0.902. The molecule has 7 nitrogen and oxygen atoms in total. The van der Waals surface area contributed by atoms with E-state index in [2.05, 4.69) is 20.6 Å². The lowest BCUT2D eigenvalue weighted by atomic mass is 10.1. The van der Waals surface area contributed by atoms with Gasteiger partial charge in [0.2, 0.25) is 10.9 Å². The minimum atomic E-state index is -4.64. The molecule has 3 rings (SSSR count). The molecule has 1 aromatic carbocycles. The van der Waals surface area contributed by atoms with Gasteiger partial charge in [-0.15, -0.1) is 10.2 Å². The molecule has 0 saturated heterocycles. The third-order valence-corrected chi connectivity index (χ3v) is 4.44. The van der Waals surface area contributed by atoms with Crippen molar-refractivity contribution in [2.24, 2.45) is 0 Å². The molecule has 0 aliphatic rings. The van der Waals surface area contributed by atoms with E-state index in [1.807, 2.05) is 24.3 Å². The Balaban J connectivity index is 1.58. The van der Waals surface area contributed by atoms with E-state index in [1.165, 1.54) is 0 Å². The number of hydrogen-bond donors (Lipinski definition) is 1. The smallest absolute Gasteiger partial charge is 0.453 e. The molecule has 2 heterocycles. The monoisotopic (exact) mass is 385 g/mol.